The molecule has 0 spiro atoms. The maximum Gasteiger partial charge on any atom is 0.283 e. The first kappa shape index (κ1) is 11.9. The molecule has 1 rings (SSSR count). The van der Waals surface area contributed by atoms with Crippen molar-refractivity contribution in [1.82, 2.24) is 9.78 Å². The van der Waals surface area contributed by atoms with Gasteiger partial charge in [-0.3, -0.25) is 4.68 Å². The molecular weight excluding hydrogens is 301 g/mol. The van der Waals surface area contributed by atoms with Crippen molar-refractivity contribution in [3.05, 3.63) is 15.0 Å². The van der Waals surface area contributed by atoms with Gasteiger partial charge in [0.05, 0.1) is 9.11 Å². The number of nitrogens with zero attached hydrogens (tertiary/aromatic N) is 2. The maximum atomic E-state index is 12.5. The molecule has 0 aromatic carbocycles. The Hall–Kier alpha value is -0.200. The molecule has 0 fully saturated rings. The second kappa shape index (κ2) is 3.75. The van der Waals surface area contributed by atoms with Gasteiger partial charge in [0.15, 0.2) is 0 Å². The number of aromatic nitrogens is 2. The fourth-order valence-electron chi connectivity index (χ4n) is 1.30. The van der Waals surface area contributed by atoms with Gasteiger partial charge < -0.3 is 0 Å². The van der Waals surface area contributed by atoms with Crippen molar-refractivity contribution >= 4 is 22.6 Å². The first-order valence-corrected chi connectivity index (χ1v) is 5.36. The average molecular weight is 314 g/mol. The Morgan fingerprint density at radius 3 is 2.07 bits per heavy atom. The van der Waals surface area contributed by atoms with E-state index in [-0.39, 0.29) is 11.2 Å². The third-order valence-corrected chi connectivity index (χ3v) is 3.24. The van der Waals surface area contributed by atoms with Gasteiger partial charge in [-0.15, -0.1) is 0 Å². The summed E-state index contributed by atoms with van der Waals surface area (Å²) in [6, 6.07) is 0. The first-order chi connectivity index (χ1) is 6.25. The van der Waals surface area contributed by atoms with Crippen LogP contribution in [0.3, 0.4) is 0 Å². The highest BCUT2D eigenvalue weighted by atomic mass is 127. The molecule has 0 N–H and O–H groups in total. The minimum Gasteiger partial charge on any atom is -0.263 e. The van der Waals surface area contributed by atoms with Crippen LogP contribution in [0.2, 0.25) is 0 Å². The Balaban J connectivity index is 3.29. The van der Waals surface area contributed by atoms with Crippen molar-refractivity contribution in [2.75, 3.05) is 0 Å². The van der Waals surface area contributed by atoms with Crippen LogP contribution in [0.1, 0.15) is 38.6 Å². The van der Waals surface area contributed by atoms with Crippen LogP contribution in [0.4, 0.5) is 8.78 Å². The number of hydrogen-bond donors (Lipinski definition) is 0. The summed E-state index contributed by atoms with van der Waals surface area (Å²) < 4.78 is 27.3. The molecule has 0 aliphatic heterocycles. The van der Waals surface area contributed by atoms with Crippen molar-refractivity contribution in [2.24, 2.45) is 0 Å². The standard InChI is InChI=1S/C9H13F2IN2/c1-5-6(12)7(8(10)11)13-14(5)9(2,3)4/h8H,1-4H3. The Labute approximate surface area is 95.8 Å². The van der Waals surface area contributed by atoms with Gasteiger partial charge in [0.2, 0.25) is 0 Å². The third-order valence-electron chi connectivity index (χ3n) is 1.91. The SMILES string of the molecule is Cc1c(I)c(C(F)F)nn1C(C)(C)C. The van der Waals surface area contributed by atoms with Crippen LogP contribution in [0, 0.1) is 10.5 Å². The molecule has 14 heavy (non-hydrogen) atoms. The van der Waals surface area contributed by atoms with Crippen LogP contribution in [0.5, 0.6) is 0 Å². The van der Waals surface area contributed by atoms with Crippen LogP contribution in [0.15, 0.2) is 0 Å². The van der Waals surface area contributed by atoms with E-state index in [2.05, 4.69) is 5.10 Å². The Morgan fingerprint density at radius 1 is 1.36 bits per heavy atom. The van der Waals surface area contributed by atoms with E-state index in [1.54, 1.807) is 4.68 Å². The maximum absolute atomic E-state index is 12.5. The van der Waals surface area contributed by atoms with E-state index in [0.29, 0.717) is 3.57 Å². The summed E-state index contributed by atoms with van der Waals surface area (Å²) in [4.78, 5) is 0. The zero-order valence-electron chi connectivity index (χ0n) is 8.61. The number of rotatable bonds is 1. The summed E-state index contributed by atoms with van der Waals surface area (Å²) in [6.07, 6.45) is -2.50. The Bertz CT molecular complexity index is 339. The summed E-state index contributed by atoms with van der Waals surface area (Å²) in [7, 11) is 0. The largest absolute Gasteiger partial charge is 0.283 e. The molecule has 0 amide bonds. The lowest BCUT2D eigenvalue weighted by Crippen LogP contribution is -2.24. The van der Waals surface area contributed by atoms with Gasteiger partial charge in [-0.2, -0.15) is 5.10 Å². The van der Waals surface area contributed by atoms with Crippen LogP contribution in [0.25, 0.3) is 0 Å². The van der Waals surface area contributed by atoms with Gasteiger partial charge in [-0.1, -0.05) is 0 Å². The van der Waals surface area contributed by atoms with Crippen molar-refractivity contribution in [3.8, 4) is 0 Å². The van der Waals surface area contributed by atoms with E-state index in [0.717, 1.165) is 5.69 Å². The predicted octanol–water partition coefficient (Wildman–Crippen LogP) is 3.49. The summed E-state index contributed by atoms with van der Waals surface area (Å²) >= 11 is 1.92. The zero-order chi connectivity index (χ0) is 11.1. The van der Waals surface area contributed by atoms with Crippen LogP contribution in [-0.2, 0) is 5.54 Å². The molecule has 0 unspecified atom stereocenters. The molecule has 0 saturated heterocycles. The number of hydrogen-bond acceptors (Lipinski definition) is 1. The Morgan fingerprint density at radius 2 is 1.86 bits per heavy atom. The highest BCUT2D eigenvalue weighted by Crippen LogP contribution is 2.28. The van der Waals surface area contributed by atoms with Gasteiger partial charge in [0, 0.05) is 5.69 Å². The normalized spacial score (nSPS) is 12.6. The quantitative estimate of drug-likeness (QED) is 0.726. The number of halogens is 3. The third kappa shape index (κ3) is 2.07. The highest BCUT2D eigenvalue weighted by molar-refractivity contribution is 14.1. The molecule has 0 aliphatic carbocycles. The molecule has 1 heterocycles. The highest BCUT2D eigenvalue weighted by Gasteiger charge is 2.25. The molecular formula is C9H13F2IN2. The number of alkyl halides is 2. The van der Waals surface area contributed by atoms with E-state index < -0.39 is 6.43 Å². The molecule has 1 aromatic heterocycles. The molecule has 0 radical (unpaired) electrons. The average Bonchev–Trinajstić information content (AvgIpc) is 2.28. The molecule has 0 aliphatic rings. The summed E-state index contributed by atoms with van der Waals surface area (Å²) in [5.74, 6) is 0. The molecule has 2 nitrogen and oxygen atoms in total. The molecule has 0 saturated carbocycles. The second-order valence-electron chi connectivity index (χ2n) is 4.17. The van der Waals surface area contributed by atoms with Gasteiger partial charge in [0.1, 0.15) is 5.69 Å². The summed E-state index contributed by atoms with van der Waals surface area (Å²) in [5, 5.41) is 3.94. The fourth-order valence-corrected chi connectivity index (χ4v) is 1.87. The second-order valence-corrected chi connectivity index (χ2v) is 5.25. The van der Waals surface area contributed by atoms with E-state index in [4.69, 9.17) is 0 Å². The minimum atomic E-state index is -2.50. The van der Waals surface area contributed by atoms with Crippen LogP contribution in [-0.4, -0.2) is 9.78 Å². The van der Waals surface area contributed by atoms with Crippen molar-refractivity contribution < 1.29 is 8.78 Å². The summed E-state index contributed by atoms with van der Waals surface area (Å²) in [5.41, 5.74) is 0.434. The monoisotopic (exact) mass is 314 g/mol. The van der Waals surface area contributed by atoms with Gasteiger partial charge in [0.25, 0.3) is 6.43 Å². The molecule has 80 valence electrons. The summed E-state index contributed by atoms with van der Waals surface area (Å²) in [6.45, 7) is 7.64. The van der Waals surface area contributed by atoms with Gasteiger partial charge in [-0.25, -0.2) is 8.78 Å². The molecule has 1 aromatic rings. The Kier molecular flexibility index (Phi) is 3.18. The van der Waals surface area contributed by atoms with E-state index >= 15 is 0 Å². The van der Waals surface area contributed by atoms with Crippen molar-refractivity contribution in [3.63, 3.8) is 0 Å². The fraction of sp³-hybridized carbons (Fsp3) is 0.667. The van der Waals surface area contributed by atoms with Crippen LogP contribution >= 0.6 is 22.6 Å². The van der Waals surface area contributed by atoms with Crippen molar-refractivity contribution in [1.29, 1.82) is 0 Å². The zero-order valence-corrected chi connectivity index (χ0v) is 10.8. The molecule has 0 bridgehead atoms. The van der Waals surface area contributed by atoms with Crippen LogP contribution < -0.4 is 0 Å². The van der Waals surface area contributed by atoms with Gasteiger partial charge >= 0.3 is 0 Å². The lowest BCUT2D eigenvalue weighted by Gasteiger charge is -2.21. The predicted molar refractivity (Wildman–Crippen MR) is 59.6 cm³/mol. The first-order valence-electron chi connectivity index (χ1n) is 4.28. The van der Waals surface area contributed by atoms with Gasteiger partial charge in [-0.05, 0) is 50.3 Å². The topological polar surface area (TPSA) is 17.8 Å². The lowest BCUT2D eigenvalue weighted by atomic mass is 10.1. The minimum absolute atomic E-state index is 0.113. The smallest absolute Gasteiger partial charge is 0.263 e. The lowest BCUT2D eigenvalue weighted by molar-refractivity contribution is 0.142. The van der Waals surface area contributed by atoms with E-state index in [1.165, 1.54) is 0 Å². The molecule has 5 heteroatoms. The van der Waals surface area contributed by atoms with E-state index in [9.17, 15) is 8.78 Å². The van der Waals surface area contributed by atoms with Crippen molar-refractivity contribution in [2.45, 2.75) is 39.7 Å². The molecule has 0 atom stereocenters. The van der Waals surface area contributed by atoms with E-state index in [1.807, 2.05) is 50.3 Å².